The number of aromatic nitrogens is 5. The van der Waals surface area contributed by atoms with Crippen LogP contribution < -0.4 is 16.4 Å². The molecule has 3 heterocycles. The van der Waals surface area contributed by atoms with Crippen LogP contribution in [0.4, 0.5) is 11.9 Å². The zero-order valence-electron chi connectivity index (χ0n) is 17.6. The maximum absolute atomic E-state index is 6.15. The molecule has 0 spiro atoms. The lowest BCUT2D eigenvalue weighted by Gasteiger charge is -2.27. The Balaban J connectivity index is 1.34. The van der Waals surface area contributed by atoms with Gasteiger partial charge in [0.05, 0.1) is 16.4 Å². The summed E-state index contributed by atoms with van der Waals surface area (Å²) in [6.45, 7) is 0.611. The molecule has 9 heteroatoms. The topological polar surface area (TPSA) is 106 Å². The van der Waals surface area contributed by atoms with Crippen molar-refractivity contribution >= 4 is 33.5 Å². The fourth-order valence-electron chi connectivity index (χ4n) is 4.08. The van der Waals surface area contributed by atoms with E-state index in [1.807, 2.05) is 18.2 Å². The maximum atomic E-state index is 6.15. The summed E-state index contributed by atoms with van der Waals surface area (Å²) in [6.07, 6.45) is 7.75. The second kappa shape index (κ2) is 9.22. The third-order valence-corrected chi connectivity index (χ3v) is 6.30. The smallest absolute Gasteiger partial charge is 0.229 e. The molecule has 1 aliphatic rings. The second-order valence-corrected chi connectivity index (χ2v) is 8.99. The molecule has 4 N–H and O–H groups in total. The van der Waals surface area contributed by atoms with Gasteiger partial charge in [0, 0.05) is 30.4 Å². The SMILES string of the molecule is N[C@H]1CCC[C@@H](Nc2nc(NCc3ccc(-c4ccccn4)cc3)n3ncc(Br)c3n2)C1. The van der Waals surface area contributed by atoms with Crippen molar-refractivity contribution in [3.8, 4) is 11.3 Å². The Bertz CT molecular complexity index is 1190. The third-order valence-electron chi connectivity index (χ3n) is 5.74. The number of pyridine rings is 1. The number of benzene rings is 1. The highest BCUT2D eigenvalue weighted by Gasteiger charge is 2.21. The first-order valence-corrected chi connectivity index (χ1v) is 11.6. The Hall–Kier alpha value is -3.04. The Labute approximate surface area is 194 Å². The summed E-state index contributed by atoms with van der Waals surface area (Å²) in [6, 6.07) is 14.8. The first kappa shape index (κ1) is 20.8. The van der Waals surface area contributed by atoms with Crippen molar-refractivity contribution in [3.63, 3.8) is 0 Å². The summed E-state index contributed by atoms with van der Waals surface area (Å²) < 4.78 is 2.54. The standard InChI is InChI=1S/C23H25BrN8/c24-19-14-28-32-21(19)30-22(29-18-5-3-4-17(25)12-18)31-23(32)27-13-15-7-9-16(10-8-15)20-6-1-2-11-26-20/h1-2,6-11,14,17-18H,3-5,12-13,25H2,(H2,27,29,30,31)/t17-,18+/m0/s1. The monoisotopic (exact) mass is 492 g/mol. The van der Waals surface area contributed by atoms with Gasteiger partial charge in [0.2, 0.25) is 11.9 Å². The minimum atomic E-state index is 0.235. The lowest BCUT2D eigenvalue weighted by atomic mass is 9.92. The number of anilines is 2. The molecule has 1 fully saturated rings. The van der Waals surface area contributed by atoms with E-state index >= 15 is 0 Å². The Morgan fingerprint density at radius 1 is 1.09 bits per heavy atom. The van der Waals surface area contributed by atoms with Crippen molar-refractivity contribution in [3.05, 3.63) is 64.9 Å². The first-order valence-electron chi connectivity index (χ1n) is 10.8. The maximum Gasteiger partial charge on any atom is 0.229 e. The lowest BCUT2D eigenvalue weighted by molar-refractivity contribution is 0.408. The van der Waals surface area contributed by atoms with Gasteiger partial charge in [-0.2, -0.15) is 19.6 Å². The fourth-order valence-corrected chi connectivity index (χ4v) is 4.43. The van der Waals surface area contributed by atoms with Crippen LogP contribution in [-0.4, -0.2) is 36.6 Å². The van der Waals surface area contributed by atoms with E-state index in [4.69, 9.17) is 10.7 Å². The largest absolute Gasteiger partial charge is 0.351 e. The summed E-state index contributed by atoms with van der Waals surface area (Å²) in [7, 11) is 0. The highest BCUT2D eigenvalue weighted by molar-refractivity contribution is 9.10. The first-order chi connectivity index (χ1) is 15.7. The van der Waals surface area contributed by atoms with E-state index in [1.165, 1.54) is 0 Å². The number of nitrogens with zero attached hydrogens (tertiary/aromatic N) is 5. The molecule has 0 amide bonds. The van der Waals surface area contributed by atoms with E-state index in [-0.39, 0.29) is 12.1 Å². The molecule has 0 unspecified atom stereocenters. The summed E-state index contributed by atoms with van der Waals surface area (Å²) in [5.74, 6) is 1.22. The van der Waals surface area contributed by atoms with Crippen molar-refractivity contribution in [2.75, 3.05) is 10.6 Å². The predicted octanol–water partition coefficient (Wildman–Crippen LogP) is 4.24. The van der Waals surface area contributed by atoms with E-state index in [9.17, 15) is 0 Å². The number of hydrogen-bond donors (Lipinski definition) is 3. The van der Waals surface area contributed by atoms with E-state index in [1.54, 1.807) is 16.9 Å². The number of hydrogen-bond acceptors (Lipinski definition) is 7. The van der Waals surface area contributed by atoms with Gasteiger partial charge in [-0.25, -0.2) is 0 Å². The highest BCUT2D eigenvalue weighted by Crippen LogP contribution is 2.24. The van der Waals surface area contributed by atoms with Crippen LogP contribution in [0.25, 0.3) is 16.9 Å². The number of nitrogens with two attached hydrogens (primary N) is 1. The van der Waals surface area contributed by atoms with Crippen LogP contribution in [0.5, 0.6) is 0 Å². The molecule has 32 heavy (non-hydrogen) atoms. The van der Waals surface area contributed by atoms with Gasteiger partial charge in [-0.05, 0) is 59.3 Å². The van der Waals surface area contributed by atoms with Crippen LogP contribution in [-0.2, 0) is 6.54 Å². The average Bonchev–Trinajstić information content (AvgIpc) is 3.19. The predicted molar refractivity (Wildman–Crippen MR) is 129 cm³/mol. The minimum absolute atomic E-state index is 0.235. The molecule has 2 atom stereocenters. The summed E-state index contributed by atoms with van der Waals surface area (Å²) >= 11 is 3.54. The molecule has 164 valence electrons. The van der Waals surface area contributed by atoms with E-state index < -0.39 is 0 Å². The number of rotatable bonds is 6. The van der Waals surface area contributed by atoms with Gasteiger partial charge in [-0.15, -0.1) is 0 Å². The van der Waals surface area contributed by atoms with Gasteiger partial charge in [-0.3, -0.25) is 4.98 Å². The summed E-state index contributed by atoms with van der Waals surface area (Å²) in [5.41, 5.74) is 10.1. The molecule has 0 aliphatic heterocycles. The van der Waals surface area contributed by atoms with Crippen molar-refractivity contribution < 1.29 is 0 Å². The van der Waals surface area contributed by atoms with Crippen molar-refractivity contribution in [1.29, 1.82) is 0 Å². The van der Waals surface area contributed by atoms with Gasteiger partial charge in [0.15, 0.2) is 5.65 Å². The van der Waals surface area contributed by atoms with E-state index in [2.05, 4.69) is 65.9 Å². The van der Waals surface area contributed by atoms with Crippen LogP contribution in [0.15, 0.2) is 59.3 Å². The van der Waals surface area contributed by atoms with E-state index in [0.717, 1.165) is 52.6 Å². The summed E-state index contributed by atoms with van der Waals surface area (Å²) in [4.78, 5) is 13.8. The summed E-state index contributed by atoms with van der Waals surface area (Å²) in [5, 5.41) is 11.3. The number of nitrogens with one attached hydrogen (secondary N) is 2. The lowest BCUT2D eigenvalue weighted by Crippen LogP contribution is -2.35. The quantitative estimate of drug-likeness (QED) is 0.369. The molecule has 1 aromatic carbocycles. The fraction of sp³-hybridized carbons (Fsp3) is 0.304. The highest BCUT2D eigenvalue weighted by atomic mass is 79.9. The van der Waals surface area contributed by atoms with Crippen molar-refractivity contribution in [2.24, 2.45) is 5.73 Å². The van der Waals surface area contributed by atoms with Gasteiger partial charge in [0.25, 0.3) is 0 Å². The average molecular weight is 493 g/mol. The molecular weight excluding hydrogens is 468 g/mol. The minimum Gasteiger partial charge on any atom is -0.351 e. The third kappa shape index (κ3) is 4.58. The zero-order chi connectivity index (χ0) is 21.9. The molecule has 0 bridgehead atoms. The molecule has 1 saturated carbocycles. The zero-order valence-corrected chi connectivity index (χ0v) is 19.2. The molecule has 4 aromatic rings. The van der Waals surface area contributed by atoms with Crippen LogP contribution >= 0.6 is 15.9 Å². The van der Waals surface area contributed by atoms with Crippen molar-refractivity contribution in [1.82, 2.24) is 24.6 Å². The molecule has 0 radical (unpaired) electrons. The molecule has 5 rings (SSSR count). The molecule has 8 nitrogen and oxygen atoms in total. The van der Waals surface area contributed by atoms with Gasteiger partial charge < -0.3 is 16.4 Å². The Morgan fingerprint density at radius 2 is 1.97 bits per heavy atom. The van der Waals surface area contributed by atoms with E-state index in [0.29, 0.717) is 18.4 Å². The normalized spacial score (nSPS) is 18.6. The van der Waals surface area contributed by atoms with Crippen LogP contribution in [0.1, 0.15) is 31.2 Å². The van der Waals surface area contributed by atoms with Crippen LogP contribution in [0.2, 0.25) is 0 Å². The number of halogens is 1. The van der Waals surface area contributed by atoms with Gasteiger partial charge >= 0.3 is 0 Å². The second-order valence-electron chi connectivity index (χ2n) is 8.13. The Kier molecular flexibility index (Phi) is 6.00. The van der Waals surface area contributed by atoms with Crippen molar-refractivity contribution in [2.45, 2.75) is 44.3 Å². The molecule has 1 aliphatic carbocycles. The van der Waals surface area contributed by atoms with Gasteiger partial charge in [0.1, 0.15) is 0 Å². The Morgan fingerprint density at radius 3 is 2.75 bits per heavy atom. The van der Waals surface area contributed by atoms with Crippen LogP contribution in [0, 0.1) is 0 Å². The molecular formula is C23H25BrN8. The molecule has 0 saturated heterocycles. The van der Waals surface area contributed by atoms with Crippen LogP contribution in [0.3, 0.4) is 0 Å². The number of fused-ring (bicyclic) bond motifs is 1. The van der Waals surface area contributed by atoms with Gasteiger partial charge in [-0.1, -0.05) is 30.3 Å². The molecule has 3 aromatic heterocycles.